The SMILES string of the molecule is C=C1NC2=C(C(=O)CC(c3ccccc3)C2)C(c2ccc(SC)cc2)C1C(=O)Nc1ncccc1C. The van der Waals surface area contributed by atoms with E-state index in [0.29, 0.717) is 29.9 Å². The molecule has 5 rings (SSSR count). The fraction of sp³-hybridized carbons (Fsp3) is 0.233. The lowest BCUT2D eigenvalue weighted by Gasteiger charge is -2.40. The topological polar surface area (TPSA) is 71.1 Å². The van der Waals surface area contributed by atoms with E-state index in [2.05, 4.69) is 34.3 Å². The molecule has 6 heteroatoms. The number of allylic oxidation sites excluding steroid dienone is 2. The molecule has 1 amide bonds. The zero-order chi connectivity index (χ0) is 25.2. The number of rotatable bonds is 5. The van der Waals surface area contributed by atoms with Gasteiger partial charge in [-0.05, 0) is 60.4 Å². The standard InChI is InChI=1S/C30H29N3O2S/c1-18-8-7-15-31-29(18)33-30(35)26-19(2)32-24-16-22(20-9-5-4-6-10-20)17-25(34)28(24)27(26)21-11-13-23(36-3)14-12-21/h4-15,22,26-27,32H,2,16-17H2,1,3H3,(H,31,33,35). The third kappa shape index (κ3) is 4.61. The number of thioether (sulfide) groups is 1. The van der Waals surface area contributed by atoms with Crippen LogP contribution < -0.4 is 10.6 Å². The van der Waals surface area contributed by atoms with Gasteiger partial charge in [-0.2, -0.15) is 0 Å². The molecule has 5 nitrogen and oxygen atoms in total. The van der Waals surface area contributed by atoms with Crippen molar-refractivity contribution in [3.63, 3.8) is 0 Å². The van der Waals surface area contributed by atoms with E-state index < -0.39 is 11.8 Å². The first-order valence-corrected chi connectivity index (χ1v) is 13.3. The van der Waals surface area contributed by atoms with Gasteiger partial charge in [0.25, 0.3) is 0 Å². The lowest BCUT2D eigenvalue weighted by atomic mass is 9.68. The number of Topliss-reactive ketones (excluding diaryl/α,β-unsaturated/α-hetero) is 1. The first kappa shape index (κ1) is 24.1. The van der Waals surface area contributed by atoms with E-state index in [-0.39, 0.29) is 17.6 Å². The largest absolute Gasteiger partial charge is 0.362 e. The molecular formula is C30H29N3O2S. The van der Waals surface area contributed by atoms with Crippen LogP contribution in [0.5, 0.6) is 0 Å². The normalized spacial score (nSPS) is 21.6. The first-order chi connectivity index (χ1) is 17.5. The number of pyridine rings is 1. The molecule has 1 aliphatic carbocycles. The Kier molecular flexibility index (Phi) is 6.79. The number of amides is 1. The van der Waals surface area contributed by atoms with Gasteiger partial charge in [0.1, 0.15) is 5.82 Å². The molecule has 1 aliphatic heterocycles. The lowest BCUT2D eigenvalue weighted by Crippen LogP contribution is -2.43. The summed E-state index contributed by atoms with van der Waals surface area (Å²) in [6.45, 7) is 6.17. The Morgan fingerprint density at radius 1 is 1.03 bits per heavy atom. The molecule has 2 heterocycles. The van der Waals surface area contributed by atoms with Crippen LogP contribution in [-0.2, 0) is 9.59 Å². The quantitative estimate of drug-likeness (QED) is 0.427. The monoisotopic (exact) mass is 495 g/mol. The van der Waals surface area contributed by atoms with Gasteiger partial charge in [-0.25, -0.2) is 4.98 Å². The van der Waals surface area contributed by atoms with Crippen molar-refractivity contribution in [2.24, 2.45) is 5.92 Å². The van der Waals surface area contributed by atoms with Crippen molar-refractivity contribution in [3.8, 4) is 0 Å². The van der Waals surface area contributed by atoms with Gasteiger partial charge >= 0.3 is 0 Å². The Morgan fingerprint density at radius 3 is 2.47 bits per heavy atom. The number of hydrogen-bond acceptors (Lipinski definition) is 5. The van der Waals surface area contributed by atoms with E-state index in [4.69, 9.17) is 0 Å². The molecule has 36 heavy (non-hydrogen) atoms. The van der Waals surface area contributed by atoms with Crippen molar-refractivity contribution in [2.75, 3.05) is 11.6 Å². The Balaban J connectivity index is 1.56. The average Bonchev–Trinajstić information content (AvgIpc) is 2.89. The minimum absolute atomic E-state index is 0.0795. The highest BCUT2D eigenvalue weighted by Crippen LogP contribution is 2.47. The molecule has 0 bridgehead atoms. The van der Waals surface area contributed by atoms with E-state index >= 15 is 0 Å². The molecule has 2 N–H and O–H groups in total. The summed E-state index contributed by atoms with van der Waals surface area (Å²) in [5.74, 6) is -0.599. The average molecular weight is 496 g/mol. The van der Waals surface area contributed by atoms with E-state index in [9.17, 15) is 9.59 Å². The summed E-state index contributed by atoms with van der Waals surface area (Å²) in [5, 5.41) is 6.37. The van der Waals surface area contributed by atoms with E-state index in [1.165, 1.54) is 0 Å². The van der Waals surface area contributed by atoms with Gasteiger partial charge in [0.15, 0.2) is 5.78 Å². The summed E-state index contributed by atoms with van der Waals surface area (Å²) in [5.41, 5.74) is 5.13. The van der Waals surface area contributed by atoms with Crippen molar-refractivity contribution in [2.45, 2.75) is 36.5 Å². The number of aryl methyl sites for hydroxylation is 1. The van der Waals surface area contributed by atoms with Crippen molar-refractivity contribution >= 4 is 29.3 Å². The number of benzene rings is 2. The molecule has 0 fully saturated rings. The van der Waals surface area contributed by atoms with Crippen LogP contribution in [0.1, 0.15) is 41.4 Å². The van der Waals surface area contributed by atoms with Crippen LogP contribution >= 0.6 is 11.8 Å². The third-order valence-corrected chi connectivity index (χ3v) is 7.86. The molecule has 1 aromatic heterocycles. The van der Waals surface area contributed by atoms with E-state index in [0.717, 1.165) is 27.3 Å². The minimum atomic E-state index is -0.650. The van der Waals surface area contributed by atoms with Crippen molar-refractivity contribution in [3.05, 3.63) is 113 Å². The summed E-state index contributed by atoms with van der Waals surface area (Å²) in [6.07, 6.45) is 4.81. The second-order valence-corrected chi connectivity index (χ2v) is 10.2. The fourth-order valence-electron chi connectivity index (χ4n) is 5.30. The zero-order valence-electron chi connectivity index (χ0n) is 20.5. The summed E-state index contributed by atoms with van der Waals surface area (Å²) >= 11 is 1.66. The minimum Gasteiger partial charge on any atom is -0.362 e. The zero-order valence-corrected chi connectivity index (χ0v) is 21.3. The lowest BCUT2D eigenvalue weighted by molar-refractivity contribution is -0.120. The molecule has 0 spiro atoms. The van der Waals surface area contributed by atoms with Crippen LogP contribution in [0.15, 0.2) is 101 Å². The maximum atomic E-state index is 13.7. The Bertz CT molecular complexity index is 1350. The number of carbonyl (C=O) groups is 2. The predicted molar refractivity (Wildman–Crippen MR) is 145 cm³/mol. The van der Waals surface area contributed by atoms with Crippen molar-refractivity contribution in [1.29, 1.82) is 0 Å². The van der Waals surface area contributed by atoms with Crippen LogP contribution in [0.2, 0.25) is 0 Å². The third-order valence-electron chi connectivity index (χ3n) is 7.12. The maximum Gasteiger partial charge on any atom is 0.235 e. The van der Waals surface area contributed by atoms with Gasteiger partial charge in [0.2, 0.25) is 5.91 Å². The number of nitrogens with zero attached hydrogens (tertiary/aromatic N) is 1. The van der Waals surface area contributed by atoms with Gasteiger partial charge in [0.05, 0.1) is 5.92 Å². The number of aromatic nitrogens is 1. The van der Waals surface area contributed by atoms with Crippen LogP contribution in [-0.4, -0.2) is 22.9 Å². The fourth-order valence-corrected chi connectivity index (χ4v) is 5.71. The molecule has 3 unspecified atom stereocenters. The Labute approximate surface area is 216 Å². The van der Waals surface area contributed by atoms with Gasteiger partial charge in [-0.1, -0.05) is 55.1 Å². The molecule has 3 aromatic rings. The summed E-state index contributed by atoms with van der Waals surface area (Å²) < 4.78 is 0. The number of nitrogens with one attached hydrogen (secondary N) is 2. The highest BCUT2D eigenvalue weighted by molar-refractivity contribution is 7.98. The molecule has 3 atom stereocenters. The Morgan fingerprint density at radius 2 is 1.78 bits per heavy atom. The second-order valence-electron chi connectivity index (χ2n) is 9.37. The highest BCUT2D eigenvalue weighted by Gasteiger charge is 2.44. The second kappa shape index (κ2) is 10.2. The molecule has 0 saturated carbocycles. The molecule has 2 aromatic carbocycles. The van der Waals surface area contributed by atoms with E-state index in [1.807, 2.05) is 67.8 Å². The van der Waals surface area contributed by atoms with Crippen molar-refractivity contribution < 1.29 is 9.59 Å². The summed E-state index contributed by atoms with van der Waals surface area (Å²) in [6, 6.07) is 22.0. The number of carbonyl (C=O) groups excluding carboxylic acids is 2. The van der Waals surface area contributed by atoms with Crippen molar-refractivity contribution in [1.82, 2.24) is 10.3 Å². The molecule has 182 valence electrons. The smallest absolute Gasteiger partial charge is 0.235 e. The summed E-state index contributed by atoms with van der Waals surface area (Å²) in [4.78, 5) is 32.9. The maximum absolute atomic E-state index is 13.7. The van der Waals surface area contributed by atoms with Crippen LogP contribution in [0.25, 0.3) is 0 Å². The van der Waals surface area contributed by atoms with E-state index in [1.54, 1.807) is 18.0 Å². The van der Waals surface area contributed by atoms with Crippen LogP contribution in [0.4, 0.5) is 5.82 Å². The predicted octanol–water partition coefficient (Wildman–Crippen LogP) is 5.97. The van der Waals surface area contributed by atoms with Gasteiger partial charge in [-0.15, -0.1) is 11.8 Å². The number of ketones is 1. The molecule has 0 saturated heterocycles. The first-order valence-electron chi connectivity index (χ1n) is 12.1. The van der Waals surface area contributed by atoms with Gasteiger partial charge in [-0.3, -0.25) is 9.59 Å². The number of hydrogen-bond donors (Lipinski definition) is 2. The summed E-state index contributed by atoms with van der Waals surface area (Å²) in [7, 11) is 0. The van der Waals surface area contributed by atoms with Crippen LogP contribution in [0, 0.1) is 12.8 Å². The molecule has 0 radical (unpaired) electrons. The van der Waals surface area contributed by atoms with Crippen LogP contribution in [0.3, 0.4) is 0 Å². The number of anilines is 1. The molecular weight excluding hydrogens is 466 g/mol. The molecule has 2 aliphatic rings. The van der Waals surface area contributed by atoms with Gasteiger partial charge in [0, 0.05) is 40.4 Å². The Hall–Kier alpha value is -3.64. The van der Waals surface area contributed by atoms with Gasteiger partial charge < -0.3 is 10.6 Å². The highest BCUT2D eigenvalue weighted by atomic mass is 32.2.